The van der Waals surface area contributed by atoms with Gasteiger partial charge >= 0.3 is 0 Å². The Kier molecular flexibility index (Phi) is 3.62. The van der Waals surface area contributed by atoms with Crippen LogP contribution in [0.2, 0.25) is 5.02 Å². The van der Waals surface area contributed by atoms with Gasteiger partial charge in [-0.2, -0.15) is 4.98 Å². The van der Waals surface area contributed by atoms with E-state index >= 15 is 0 Å². The Morgan fingerprint density at radius 2 is 2.00 bits per heavy atom. The van der Waals surface area contributed by atoms with Crippen molar-refractivity contribution in [3.05, 3.63) is 46.9 Å². The first-order valence-corrected chi connectivity index (χ1v) is 5.74. The summed E-state index contributed by atoms with van der Waals surface area (Å²) in [5, 5.41) is 3.49. The second kappa shape index (κ2) is 5.18. The van der Waals surface area contributed by atoms with Crippen molar-refractivity contribution in [3.8, 4) is 0 Å². The number of halogens is 2. The monoisotopic (exact) mass is 266 g/mol. The Labute approximate surface area is 109 Å². The van der Waals surface area contributed by atoms with Crippen LogP contribution in [-0.2, 0) is 0 Å². The first kappa shape index (κ1) is 12.6. The van der Waals surface area contributed by atoms with Crippen LogP contribution in [-0.4, -0.2) is 9.97 Å². The van der Waals surface area contributed by atoms with E-state index in [4.69, 9.17) is 17.3 Å². The number of nitrogens with two attached hydrogens (primary N) is 1. The van der Waals surface area contributed by atoms with Gasteiger partial charge in [0, 0.05) is 6.04 Å². The lowest BCUT2D eigenvalue weighted by atomic mass is 10.1. The molecule has 1 atom stereocenters. The Hall–Kier alpha value is -1.88. The summed E-state index contributed by atoms with van der Waals surface area (Å²) in [7, 11) is 0. The van der Waals surface area contributed by atoms with Crippen molar-refractivity contribution in [2.45, 2.75) is 13.0 Å². The molecule has 18 heavy (non-hydrogen) atoms. The van der Waals surface area contributed by atoms with Gasteiger partial charge in [-0.1, -0.05) is 23.7 Å². The van der Waals surface area contributed by atoms with Gasteiger partial charge in [0.25, 0.3) is 0 Å². The molecule has 3 N–H and O–H groups in total. The quantitative estimate of drug-likeness (QED) is 0.896. The molecular formula is C12H12ClFN4. The minimum absolute atomic E-state index is 0.0719. The summed E-state index contributed by atoms with van der Waals surface area (Å²) in [5.74, 6) is 0.337. The zero-order chi connectivity index (χ0) is 13.1. The van der Waals surface area contributed by atoms with E-state index in [-0.39, 0.29) is 17.8 Å². The Morgan fingerprint density at radius 3 is 2.67 bits per heavy atom. The van der Waals surface area contributed by atoms with Crippen LogP contribution in [0, 0.1) is 5.82 Å². The van der Waals surface area contributed by atoms with E-state index in [1.165, 1.54) is 18.3 Å². The topological polar surface area (TPSA) is 63.8 Å². The molecule has 2 rings (SSSR count). The number of anilines is 2. The molecule has 0 amide bonds. The molecule has 0 saturated heterocycles. The van der Waals surface area contributed by atoms with E-state index in [0.29, 0.717) is 10.8 Å². The number of nitrogens with one attached hydrogen (secondary N) is 1. The summed E-state index contributed by atoms with van der Waals surface area (Å²) in [4.78, 5) is 7.78. The Morgan fingerprint density at radius 1 is 1.33 bits per heavy atom. The fraction of sp³-hybridized carbons (Fsp3) is 0.167. The van der Waals surface area contributed by atoms with Crippen LogP contribution >= 0.6 is 11.6 Å². The van der Waals surface area contributed by atoms with Crippen molar-refractivity contribution >= 4 is 23.4 Å². The van der Waals surface area contributed by atoms with E-state index in [9.17, 15) is 4.39 Å². The highest BCUT2D eigenvalue weighted by atomic mass is 35.5. The third-order valence-corrected chi connectivity index (χ3v) is 2.76. The normalized spacial score (nSPS) is 12.2. The standard InChI is InChI=1S/C12H12ClFN4/c1-7(8-2-4-9(14)5-3-8)17-11-10(13)6-16-12(15)18-11/h2-7H,1H3,(H3,15,16,17,18). The third-order valence-electron chi connectivity index (χ3n) is 2.49. The summed E-state index contributed by atoms with van der Waals surface area (Å²) < 4.78 is 12.8. The smallest absolute Gasteiger partial charge is 0.222 e. The number of nitrogen functional groups attached to an aromatic ring is 1. The van der Waals surface area contributed by atoms with Crippen LogP contribution < -0.4 is 11.1 Å². The molecule has 4 nitrogen and oxygen atoms in total. The minimum atomic E-state index is -0.268. The predicted octanol–water partition coefficient (Wildman–Crippen LogP) is 3.02. The second-order valence-corrected chi connectivity index (χ2v) is 4.25. The van der Waals surface area contributed by atoms with Gasteiger partial charge in [0.2, 0.25) is 5.95 Å². The van der Waals surface area contributed by atoms with Crippen LogP contribution in [0.25, 0.3) is 0 Å². The van der Waals surface area contributed by atoms with Gasteiger partial charge in [0.05, 0.1) is 6.20 Å². The molecule has 0 spiro atoms. The first-order valence-electron chi connectivity index (χ1n) is 5.36. The number of benzene rings is 1. The van der Waals surface area contributed by atoms with Gasteiger partial charge in [-0.3, -0.25) is 0 Å². The predicted molar refractivity (Wildman–Crippen MR) is 69.9 cm³/mol. The molecule has 0 aliphatic rings. The molecule has 1 aromatic heterocycles. The summed E-state index contributed by atoms with van der Waals surface area (Å²) in [6, 6.07) is 6.14. The van der Waals surface area contributed by atoms with Gasteiger partial charge in [-0.05, 0) is 24.6 Å². The molecule has 0 radical (unpaired) electrons. The molecule has 0 aliphatic carbocycles. The van der Waals surface area contributed by atoms with Crippen LogP contribution in [0.5, 0.6) is 0 Å². The van der Waals surface area contributed by atoms with E-state index in [2.05, 4.69) is 15.3 Å². The SMILES string of the molecule is CC(Nc1nc(N)ncc1Cl)c1ccc(F)cc1. The average Bonchev–Trinajstić information content (AvgIpc) is 2.34. The molecule has 1 aromatic carbocycles. The lowest BCUT2D eigenvalue weighted by Crippen LogP contribution is -2.09. The summed E-state index contributed by atoms with van der Waals surface area (Å²) in [5.41, 5.74) is 6.41. The molecule has 0 bridgehead atoms. The second-order valence-electron chi connectivity index (χ2n) is 3.84. The first-order chi connectivity index (χ1) is 8.56. The summed E-state index contributed by atoms with van der Waals surface area (Å²) >= 11 is 5.95. The van der Waals surface area contributed by atoms with Gasteiger partial charge in [-0.25, -0.2) is 9.37 Å². The van der Waals surface area contributed by atoms with Gasteiger partial charge in [-0.15, -0.1) is 0 Å². The molecular weight excluding hydrogens is 255 g/mol. The molecule has 1 heterocycles. The highest BCUT2D eigenvalue weighted by Gasteiger charge is 2.09. The lowest BCUT2D eigenvalue weighted by Gasteiger charge is -2.15. The number of hydrogen-bond donors (Lipinski definition) is 2. The molecule has 1 unspecified atom stereocenters. The maximum atomic E-state index is 12.8. The number of hydrogen-bond acceptors (Lipinski definition) is 4. The van der Waals surface area contributed by atoms with Crippen LogP contribution in [0.3, 0.4) is 0 Å². The summed E-state index contributed by atoms with van der Waals surface area (Å²) in [6.45, 7) is 1.92. The van der Waals surface area contributed by atoms with Crippen LogP contribution in [0.4, 0.5) is 16.2 Å². The van der Waals surface area contributed by atoms with E-state index in [0.717, 1.165) is 5.56 Å². The summed E-state index contributed by atoms with van der Waals surface area (Å²) in [6.07, 6.45) is 1.43. The van der Waals surface area contributed by atoms with E-state index < -0.39 is 0 Å². The molecule has 94 valence electrons. The fourth-order valence-electron chi connectivity index (χ4n) is 1.52. The van der Waals surface area contributed by atoms with Gasteiger partial charge < -0.3 is 11.1 Å². The van der Waals surface area contributed by atoms with E-state index in [1.807, 2.05) is 6.92 Å². The van der Waals surface area contributed by atoms with Gasteiger partial charge in [0.15, 0.2) is 5.82 Å². The molecule has 0 aliphatic heterocycles. The van der Waals surface area contributed by atoms with Crippen molar-refractivity contribution in [3.63, 3.8) is 0 Å². The number of aromatic nitrogens is 2. The maximum absolute atomic E-state index is 12.8. The minimum Gasteiger partial charge on any atom is -0.368 e. The van der Waals surface area contributed by atoms with Crippen molar-refractivity contribution in [1.82, 2.24) is 9.97 Å². The van der Waals surface area contributed by atoms with Crippen molar-refractivity contribution in [2.24, 2.45) is 0 Å². The van der Waals surface area contributed by atoms with Crippen molar-refractivity contribution in [2.75, 3.05) is 11.1 Å². The molecule has 6 heteroatoms. The fourth-order valence-corrected chi connectivity index (χ4v) is 1.67. The Bertz CT molecular complexity index is 544. The van der Waals surface area contributed by atoms with Crippen molar-refractivity contribution in [1.29, 1.82) is 0 Å². The number of rotatable bonds is 3. The highest BCUT2D eigenvalue weighted by molar-refractivity contribution is 6.32. The van der Waals surface area contributed by atoms with Crippen LogP contribution in [0.15, 0.2) is 30.5 Å². The zero-order valence-corrected chi connectivity index (χ0v) is 10.4. The Balaban J connectivity index is 2.18. The highest BCUT2D eigenvalue weighted by Crippen LogP contribution is 2.24. The number of nitrogens with zero attached hydrogens (tertiary/aromatic N) is 2. The third kappa shape index (κ3) is 2.87. The van der Waals surface area contributed by atoms with Gasteiger partial charge in [0.1, 0.15) is 10.8 Å². The molecule has 0 saturated carbocycles. The lowest BCUT2D eigenvalue weighted by molar-refractivity contribution is 0.626. The zero-order valence-electron chi connectivity index (χ0n) is 9.69. The largest absolute Gasteiger partial charge is 0.368 e. The average molecular weight is 267 g/mol. The van der Waals surface area contributed by atoms with Crippen molar-refractivity contribution < 1.29 is 4.39 Å². The van der Waals surface area contributed by atoms with E-state index in [1.54, 1.807) is 12.1 Å². The molecule has 0 fully saturated rings. The molecule has 2 aromatic rings. The van der Waals surface area contributed by atoms with Crippen LogP contribution in [0.1, 0.15) is 18.5 Å². The maximum Gasteiger partial charge on any atom is 0.222 e.